The number of methoxy groups -OCH3 is 1. The van der Waals surface area contributed by atoms with Crippen LogP contribution in [0.15, 0.2) is 18.3 Å². The van der Waals surface area contributed by atoms with Gasteiger partial charge in [0.15, 0.2) is 0 Å². The minimum Gasteiger partial charge on any atom is -0.383 e. The second-order valence-corrected chi connectivity index (χ2v) is 6.30. The number of pyridine rings is 1. The van der Waals surface area contributed by atoms with Crippen LogP contribution in [-0.4, -0.2) is 73.7 Å². The van der Waals surface area contributed by atoms with Crippen LogP contribution in [0.5, 0.6) is 0 Å². The van der Waals surface area contributed by atoms with Gasteiger partial charge in [0.1, 0.15) is 5.82 Å². The number of anilines is 1. The molecule has 0 saturated carbocycles. The average molecular weight is 318 g/mol. The summed E-state index contributed by atoms with van der Waals surface area (Å²) in [6.45, 7) is 6.48. The van der Waals surface area contributed by atoms with Crippen LogP contribution in [0.2, 0.25) is 0 Å². The molecular formula is C17H26N4O2. The molecule has 2 aliphatic rings. The maximum Gasteiger partial charge on any atom is 0.236 e. The third-order valence-electron chi connectivity index (χ3n) is 4.61. The Labute approximate surface area is 138 Å². The highest BCUT2D eigenvalue weighted by Gasteiger charge is 2.23. The van der Waals surface area contributed by atoms with Crippen molar-refractivity contribution in [2.45, 2.75) is 19.4 Å². The van der Waals surface area contributed by atoms with Gasteiger partial charge >= 0.3 is 0 Å². The van der Waals surface area contributed by atoms with E-state index in [9.17, 15) is 4.79 Å². The molecule has 1 aromatic heterocycles. The lowest BCUT2D eigenvalue weighted by Gasteiger charge is -2.34. The summed E-state index contributed by atoms with van der Waals surface area (Å²) in [4.78, 5) is 23.1. The molecule has 0 unspecified atom stereocenters. The monoisotopic (exact) mass is 318 g/mol. The third kappa shape index (κ3) is 4.20. The summed E-state index contributed by atoms with van der Waals surface area (Å²) in [6.07, 6.45) is 4.48. The van der Waals surface area contributed by atoms with Gasteiger partial charge in [-0.1, -0.05) is 6.07 Å². The highest BCUT2D eigenvalue weighted by Crippen LogP contribution is 2.18. The van der Waals surface area contributed by atoms with Gasteiger partial charge in [-0.15, -0.1) is 0 Å². The maximum absolute atomic E-state index is 12.1. The second-order valence-electron chi connectivity index (χ2n) is 6.30. The topological polar surface area (TPSA) is 48.9 Å². The molecule has 6 nitrogen and oxygen atoms in total. The number of amides is 1. The smallest absolute Gasteiger partial charge is 0.236 e. The summed E-state index contributed by atoms with van der Waals surface area (Å²) in [5.41, 5.74) is 1.17. The van der Waals surface area contributed by atoms with E-state index in [2.05, 4.69) is 26.9 Å². The van der Waals surface area contributed by atoms with Gasteiger partial charge in [-0.2, -0.15) is 0 Å². The molecule has 0 bridgehead atoms. The van der Waals surface area contributed by atoms with Crippen molar-refractivity contribution in [2.75, 3.05) is 57.9 Å². The normalized spacial score (nSPS) is 19.6. The molecule has 3 heterocycles. The molecule has 0 radical (unpaired) electrons. The summed E-state index contributed by atoms with van der Waals surface area (Å²) in [5, 5.41) is 0. The van der Waals surface area contributed by atoms with Crippen molar-refractivity contribution in [3.05, 3.63) is 23.9 Å². The molecule has 3 rings (SSSR count). The van der Waals surface area contributed by atoms with Gasteiger partial charge in [-0.25, -0.2) is 4.98 Å². The molecule has 0 spiro atoms. The molecule has 0 N–H and O–H groups in total. The molecule has 2 fully saturated rings. The zero-order valence-electron chi connectivity index (χ0n) is 13.9. The highest BCUT2D eigenvalue weighted by molar-refractivity contribution is 5.79. The van der Waals surface area contributed by atoms with Crippen molar-refractivity contribution in [3.63, 3.8) is 0 Å². The van der Waals surface area contributed by atoms with Gasteiger partial charge in [-0.05, 0) is 24.5 Å². The maximum atomic E-state index is 12.1. The van der Waals surface area contributed by atoms with Crippen molar-refractivity contribution in [3.8, 4) is 0 Å². The first-order valence-electron chi connectivity index (χ1n) is 8.45. The van der Waals surface area contributed by atoms with Gasteiger partial charge in [-0.3, -0.25) is 9.69 Å². The molecule has 0 aliphatic carbocycles. The lowest BCUT2D eigenvalue weighted by atomic mass is 10.2. The number of aromatic nitrogens is 1. The Hall–Kier alpha value is -1.66. The van der Waals surface area contributed by atoms with E-state index in [1.165, 1.54) is 18.4 Å². The number of hydrogen-bond acceptors (Lipinski definition) is 5. The van der Waals surface area contributed by atoms with E-state index in [1.807, 2.05) is 11.1 Å². The Balaban J connectivity index is 1.51. The first kappa shape index (κ1) is 16.2. The van der Waals surface area contributed by atoms with Crippen molar-refractivity contribution < 1.29 is 9.53 Å². The van der Waals surface area contributed by atoms with E-state index in [0.29, 0.717) is 19.7 Å². The number of nitrogens with zero attached hydrogens (tertiary/aromatic N) is 4. The fourth-order valence-corrected chi connectivity index (χ4v) is 3.23. The fourth-order valence-electron chi connectivity index (χ4n) is 3.23. The van der Waals surface area contributed by atoms with Crippen LogP contribution in [0.1, 0.15) is 18.4 Å². The predicted molar refractivity (Wildman–Crippen MR) is 89.4 cm³/mol. The van der Waals surface area contributed by atoms with Gasteiger partial charge in [0, 0.05) is 52.6 Å². The van der Waals surface area contributed by atoms with Crippen LogP contribution in [0.4, 0.5) is 5.82 Å². The lowest BCUT2D eigenvalue weighted by Crippen LogP contribution is -2.50. The molecule has 6 heteroatoms. The van der Waals surface area contributed by atoms with Crippen molar-refractivity contribution in [1.82, 2.24) is 14.8 Å². The number of piperazine rings is 1. The van der Waals surface area contributed by atoms with Crippen molar-refractivity contribution in [1.29, 1.82) is 0 Å². The van der Waals surface area contributed by atoms with E-state index in [0.717, 1.165) is 38.5 Å². The summed E-state index contributed by atoms with van der Waals surface area (Å²) in [5.74, 6) is 1.27. The SMILES string of the molecule is COCCN1CCN(Cc2ccc(N3CCCC3)nc2)CC1=O. The Bertz CT molecular complexity index is 514. The average Bonchev–Trinajstić information content (AvgIpc) is 3.09. The van der Waals surface area contributed by atoms with Crippen LogP contribution in [-0.2, 0) is 16.1 Å². The zero-order chi connectivity index (χ0) is 16.1. The lowest BCUT2D eigenvalue weighted by molar-refractivity contribution is -0.136. The first-order chi connectivity index (χ1) is 11.3. The fraction of sp³-hybridized carbons (Fsp3) is 0.647. The molecule has 126 valence electrons. The van der Waals surface area contributed by atoms with E-state index in [1.54, 1.807) is 7.11 Å². The molecule has 1 aromatic rings. The van der Waals surface area contributed by atoms with Crippen LogP contribution < -0.4 is 4.90 Å². The summed E-state index contributed by atoms with van der Waals surface area (Å²) < 4.78 is 5.05. The number of carbonyl (C=O) groups is 1. The molecule has 2 aliphatic heterocycles. The molecule has 23 heavy (non-hydrogen) atoms. The summed E-state index contributed by atoms with van der Waals surface area (Å²) in [6, 6.07) is 4.25. The Morgan fingerprint density at radius 3 is 2.65 bits per heavy atom. The van der Waals surface area contributed by atoms with Crippen LogP contribution in [0, 0.1) is 0 Å². The zero-order valence-corrected chi connectivity index (χ0v) is 13.9. The van der Waals surface area contributed by atoms with Crippen LogP contribution >= 0.6 is 0 Å². The minimum atomic E-state index is 0.190. The molecule has 0 atom stereocenters. The summed E-state index contributed by atoms with van der Waals surface area (Å²) >= 11 is 0. The van der Waals surface area contributed by atoms with Gasteiger partial charge in [0.2, 0.25) is 5.91 Å². The van der Waals surface area contributed by atoms with Crippen molar-refractivity contribution in [2.24, 2.45) is 0 Å². The summed E-state index contributed by atoms with van der Waals surface area (Å²) in [7, 11) is 1.67. The van der Waals surface area contributed by atoms with Gasteiger partial charge < -0.3 is 14.5 Å². The number of carbonyl (C=O) groups excluding carboxylic acids is 1. The number of rotatable bonds is 6. The van der Waals surface area contributed by atoms with E-state index in [-0.39, 0.29) is 5.91 Å². The highest BCUT2D eigenvalue weighted by atomic mass is 16.5. The second kappa shape index (κ2) is 7.75. The van der Waals surface area contributed by atoms with Gasteiger partial charge in [0.05, 0.1) is 13.2 Å². The molecule has 1 amide bonds. The van der Waals surface area contributed by atoms with Gasteiger partial charge in [0.25, 0.3) is 0 Å². The van der Waals surface area contributed by atoms with E-state index in [4.69, 9.17) is 4.74 Å². The molecular weight excluding hydrogens is 292 g/mol. The van der Waals surface area contributed by atoms with Crippen LogP contribution in [0.25, 0.3) is 0 Å². The minimum absolute atomic E-state index is 0.190. The molecule has 2 saturated heterocycles. The van der Waals surface area contributed by atoms with E-state index >= 15 is 0 Å². The van der Waals surface area contributed by atoms with E-state index < -0.39 is 0 Å². The quantitative estimate of drug-likeness (QED) is 0.782. The largest absolute Gasteiger partial charge is 0.383 e. The standard InChI is InChI=1S/C17H26N4O2/c1-23-11-10-21-9-8-19(14-17(21)22)13-15-4-5-16(18-12-15)20-6-2-3-7-20/h4-5,12H,2-3,6-11,13-14H2,1H3. The Morgan fingerprint density at radius 2 is 2.00 bits per heavy atom. The third-order valence-corrected chi connectivity index (χ3v) is 4.61. The Kier molecular flexibility index (Phi) is 5.46. The van der Waals surface area contributed by atoms with Crippen molar-refractivity contribution >= 4 is 11.7 Å². The number of hydrogen-bond donors (Lipinski definition) is 0. The number of ether oxygens (including phenoxy) is 1. The Morgan fingerprint density at radius 1 is 1.17 bits per heavy atom. The first-order valence-corrected chi connectivity index (χ1v) is 8.45. The van der Waals surface area contributed by atoms with Crippen LogP contribution in [0.3, 0.4) is 0 Å². The molecule has 0 aromatic carbocycles. The predicted octanol–water partition coefficient (Wildman–Crippen LogP) is 0.972.